The molecule has 3 heteroatoms. The molecule has 13 heavy (non-hydrogen) atoms. The zero-order chi connectivity index (χ0) is 9.26. The monoisotopic (exact) mass is 179 g/mol. The Morgan fingerprint density at radius 1 is 1.38 bits per heavy atom. The fourth-order valence-corrected chi connectivity index (χ4v) is 2.15. The number of nitrogens with two attached hydrogens (primary N) is 1. The van der Waals surface area contributed by atoms with Crippen molar-refractivity contribution in [1.82, 2.24) is 9.55 Å². The highest BCUT2D eigenvalue weighted by atomic mass is 15.0. The Morgan fingerprint density at radius 2 is 2.08 bits per heavy atom. The molecule has 3 nitrogen and oxygen atoms in total. The van der Waals surface area contributed by atoms with E-state index in [-0.39, 0.29) is 0 Å². The summed E-state index contributed by atoms with van der Waals surface area (Å²) in [5, 5.41) is 0. The summed E-state index contributed by atoms with van der Waals surface area (Å²) in [6.07, 6.45) is 8.60. The van der Waals surface area contributed by atoms with E-state index in [1.807, 2.05) is 12.4 Å². The van der Waals surface area contributed by atoms with Crippen molar-refractivity contribution in [2.75, 3.05) is 0 Å². The van der Waals surface area contributed by atoms with Gasteiger partial charge in [-0.15, -0.1) is 0 Å². The van der Waals surface area contributed by atoms with Crippen LogP contribution in [0.25, 0.3) is 0 Å². The van der Waals surface area contributed by atoms with Gasteiger partial charge in [0.25, 0.3) is 0 Å². The third-order valence-electron chi connectivity index (χ3n) is 3.00. The number of aryl methyl sites for hydroxylation is 1. The first kappa shape index (κ1) is 8.75. The predicted octanol–water partition coefficient (Wildman–Crippen LogP) is 1.40. The van der Waals surface area contributed by atoms with Gasteiger partial charge in [-0.05, 0) is 25.7 Å². The highest BCUT2D eigenvalue weighted by Gasteiger charge is 2.22. The maximum absolute atomic E-state index is 5.86. The fourth-order valence-electron chi connectivity index (χ4n) is 2.15. The minimum atomic E-state index is 0.427. The van der Waals surface area contributed by atoms with Gasteiger partial charge in [-0.25, -0.2) is 4.98 Å². The number of aromatic nitrogens is 2. The second kappa shape index (κ2) is 3.50. The van der Waals surface area contributed by atoms with Crippen LogP contribution in [0.5, 0.6) is 0 Å². The van der Waals surface area contributed by atoms with E-state index in [9.17, 15) is 0 Å². The van der Waals surface area contributed by atoms with Crippen LogP contribution in [0.2, 0.25) is 0 Å². The summed E-state index contributed by atoms with van der Waals surface area (Å²) < 4.78 is 2.13. The van der Waals surface area contributed by atoms with Gasteiger partial charge in [0.1, 0.15) is 5.82 Å². The average Bonchev–Trinajstić information content (AvgIpc) is 2.53. The number of nitrogens with zero attached hydrogens (tertiary/aromatic N) is 2. The van der Waals surface area contributed by atoms with Crippen LogP contribution in [0.4, 0.5) is 0 Å². The number of rotatable bonds is 1. The van der Waals surface area contributed by atoms with Crippen LogP contribution in [0.1, 0.15) is 37.4 Å². The Labute approximate surface area is 79.0 Å². The van der Waals surface area contributed by atoms with Gasteiger partial charge in [0, 0.05) is 31.4 Å². The van der Waals surface area contributed by atoms with Crippen molar-refractivity contribution in [3.8, 4) is 0 Å². The van der Waals surface area contributed by atoms with E-state index in [1.165, 1.54) is 18.7 Å². The summed E-state index contributed by atoms with van der Waals surface area (Å²) >= 11 is 0. The van der Waals surface area contributed by atoms with Crippen LogP contribution in [0.15, 0.2) is 12.4 Å². The molecule has 0 amide bonds. The fraction of sp³-hybridized carbons (Fsp3) is 0.700. The number of hydrogen-bond acceptors (Lipinski definition) is 2. The van der Waals surface area contributed by atoms with E-state index in [0.29, 0.717) is 12.0 Å². The lowest BCUT2D eigenvalue weighted by molar-refractivity contribution is 0.380. The van der Waals surface area contributed by atoms with Crippen molar-refractivity contribution in [3.63, 3.8) is 0 Å². The van der Waals surface area contributed by atoms with Crippen molar-refractivity contribution < 1.29 is 0 Å². The molecule has 2 rings (SSSR count). The third-order valence-corrected chi connectivity index (χ3v) is 3.00. The minimum absolute atomic E-state index is 0.427. The SMILES string of the molecule is Cn1ccnc1C1CCC(N)CC1. The zero-order valence-electron chi connectivity index (χ0n) is 8.11. The van der Waals surface area contributed by atoms with Crippen molar-refractivity contribution in [2.24, 2.45) is 12.8 Å². The molecule has 1 aliphatic rings. The second-order valence-electron chi connectivity index (χ2n) is 4.01. The van der Waals surface area contributed by atoms with Crippen LogP contribution in [0, 0.1) is 0 Å². The second-order valence-corrected chi connectivity index (χ2v) is 4.01. The normalized spacial score (nSPS) is 29.1. The smallest absolute Gasteiger partial charge is 0.111 e. The summed E-state index contributed by atoms with van der Waals surface area (Å²) in [4.78, 5) is 4.39. The summed E-state index contributed by atoms with van der Waals surface area (Å²) in [7, 11) is 2.07. The number of imidazole rings is 1. The molecular weight excluding hydrogens is 162 g/mol. The molecule has 1 aliphatic carbocycles. The molecule has 1 aromatic heterocycles. The maximum Gasteiger partial charge on any atom is 0.111 e. The third kappa shape index (κ3) is 1.75. The summed E-state index contributed by atoms with van der Waals surface area (Å²) in [6.45, 7) is 0. The highest BCUT2D eigenvalue weighted by Crippen LogP contribution is 2.30. The lowest BCUT2D eigenvalue weighted by atomic mass is 9.86. The highest BCUT2D eigenvalue weighted by molar-refractivity contribution is 5.01. The van der Waals surface area contributed by atoms with Crippen LogP contribution >= 0.6 is 0 Å². The average molecular weight is 179 g/mol. The first-order chi connectivity index (χ1) is 6.27. The van der Waals surface area contributed by atoms with Gasteiger partial charge < -0.3 is 10.3 Å². The van der Waals surface area contributed by atoms with E-state index < -0.39 is 0 Å². The largest absolute Gasteiger partial charge is 0.338 e. The first-order valence-corrected chi connectivity index (χ1v) is 5.00. The molecular formula is C10H17N3. The molecule has 0 atom stereocenters. The van der Waals surface area contributed by atoms with Crippen molar-refractivity contribution in [1.29, 1.82) is 0 Å². The van der Waals surface area contributed by atoms with Crippen LogP contribution in [0.3, 0.4) is 0 Å². The molecule has 0 aliphatic heterocycles. The molecule has 1 heterocycles. The Bertz CT molecular complexity index is 271. The van der Waals surface area contributed by atoms with Crippen LogP contribution < -0.4 is 5.73 Å². The van der Waals surface area contributed by atoms with Gasteiger partial charge in [0.05, 0.1) is 0 Å². The lowest BCUT2D eigenvalue weighted by Crippen LogP contribution is -2.26. The lowest BCUT2D eigenvalue weighted by Gasteiger charge is -2.25. The quantitative estimate of drug-likeness (QED) is 0.708. The Kier molecular flexibility index (Phi) is 2.36. The van der Waals surface area contributed by atoms with Crippen LogP contribution in [-0.4, -0.2) is 15.6 Å². The Balaban J connectivity index is 2.06. The zero-order valence-corrected chi connectivity index (χ0v) is 8.11. The standard InChI is InChI=1S/C10H17N3/c1-13-7-6-12-10(13)8-2-4-9(11)5-3-8/h6-9H,2-5,11H2,1H3. The van der Waals surface area contributed by atoms with Gasteiger partial charge in [-0.1, -0.05) is 0 Å². The molecule has 0 aromatic carbocycles. The van der Waals surface area contributed by atoms with Gasteiger partial charge in [-0.2, -0.15) is 0 Å². The summed E-state index contributed by atoms with van der Waals surface area (Å²) in [6, 6.07) is 0.427. The van der Waals surface area contributed by atoms with Gasteiger partial charge >= 0.3 is 0 Å². The Hall–Kier alpha value is -0.830. The van der Waals surface area contributed by atoms with Gasteiger partial charge in [0.2, 0.25) is 0 Å². The molecule has 72 valence electrons. The molecule has 1 aromatic rings. The van der Waals surface area contributed by atoms with Crippen molar-refractivity contribution >= 4 is 0 Å². The topological polar surface area (TPSA) is 43.8 Å². The van der Waals surface area contributed by atoms with E-state index in [0.717, 1.165) is 12.8 Å². The molecule has 1 saturated carbocycles. The summed E-state index contributed by atoms with van der Waals surface area (Å²) in [5.41, 5.74) is 5.86. The maximum atomic E-state index is 5.86. The van der Waals surface area contributed by atoms with E-state index >= 15 is 0 Å². The van der Waals surface area contributed by atoms with Gasteiger partial charge in [-0.3, -0.25) is 0 Å². The first-order valence-electron chi connectivity index (χ1n) is 5.00. The minimum Gasteiger partial charge on any atom is -0.338 e. The molecule has 0 radical (unpaired) electrons. The van der Waals surface area contributed by atoms with Gasteiger partial charge in [0.15, 0.2) is 0 Å². The molecule has 1 fully saturated rings. The molecule has 2 N–H and O–H groups in total. The summed E-state index contributed by atoms with van der Waals surface area (Å²) in [5.74, 6) is 1.87. The van der Waals surface area contributed by atoms with Crippen LogP contribution in [-0.2, 0) is 7.05 Å². The van der Waals surface area contributed by atoms with E-state index in [1.54, 1.807) is 0 Å². The molecule has 0 bridgehead atoms. The Morgan fingerprint density at radius 3 is 2.62 bits per heavy atom. The molecule has 0 unspecified atom stereocenters. The van der Waals surface area contributed by atoms with Crippen molar-refractivity contribution in [2.45, 2.75) is 37.6 Å². The van der Waals surface area contributed by atoms with E-state index in [2.05, 4.69) is 16.6 Å². The molecule has 0 saturated heterocycles. The number of hydrogen-bond donors (Lipinski definition) is 1. The van der Waals surface area contributed by atoms with Crippen molar-refractivity contribution in [3.05, 3.63) is 18.2 Å². The van der Waals surface area contributed by atoms with E-state index in [4.69, 9.17) is 5.73 Å². The predicted molar refractivity (Wildman–Crippen MR) is 52.4 cm³/mol. The molecule has 0 spiro atoms.